The summed E-state index contributed by atoms with van der Waals surface area (Å²) in [4.78, 5) is 5.40. The van der Waals surface area contributed by atoms with Crippen LogP contribution in [0, 0.1) is 0 Å². The Morgan fingerprint density at radius 1 is 0.338 bits per heavy atom. The summed E-state index contributed by atoms with van der Waals surface area (Å²) in [6.07, 6.45) is 0. The van der Waals surface area contributed by atoms with E-state index in [0.717, 1.165) is 0 Å². The molecule has 0 spiro atoms. The van der Waals surface area contributed by atoms with Crippen molar-refractivity contribution in [3.05, 3.63) is 222 Å². The molecule has 0 saturated heterocycles. The van der Waals surface area contributed by atoms with Crippen LogP contribution in [-0.2, 0) is 21.7 Å². The fourth-order valence-electron chi connectivity index (χ4n) is 13.1. The van der Waals surface area contributed by atoms with Crippen LogP contribution >= 0.6 is 11.3 Å². The molecule has 0 fully saturated rings. The summed E-state index contributed by atoms with van der Waals surface area (Å²) in [6.45, 7) is 28.2. The molecule has 12 aromatic rings. The SMILES string of the molecule is CC(C)(C)c1ccc(N2c3ccc(-c4ccccc4)cc3B3c4sc5ccc(C(C)(C)C)cc5c4N(c4ccc(C(C)(C)C)cc4-c4ccccc4)c4cc(C(C)(C)C)cc2c43)c(-c2ccc3ccc4cccc5ccc2c3c45)c1. The first-order valence-corrected chi connectivity index (χ1v) is 29.6. The molecule has 2 aliphatic rings. The number of fused-ring (bicyclic) bond motifs is 6. The smallest absolute Gasteiger partial charge is 0.264 e. The molecular weight excluding hydrogens is 984 g/mol. The highest BCUT2D eigenvalue weighted by Gasteiger charge is 2.47. The molecule has 0 radical (unpaired) electrons. The minimum atomic E-state index is -0.199. The molecule has 1 aromatic heterocycles. The second-order valence-corrected chi connectivity index (χ2v) is 28.1. The first kappa shape index (κ1) is 50.3. The van der Waals surface area contributed by atoms with E-state index in [4.69, 9.17) is 0 Å². The molecule has 2 aliphatic heterocycles. The standard InChI is InChI=1S/C76H69BN2S/c1-73(2,3)52-31-37-62(58(41-52)47-22-17-14-18-23-47)79-66-45-55(76(10,11)12)44-65-70(66)77(72-71(79)60-43-54(75(7,8)9)33-39-67(60)80-72)61-40-51(46-20-15-13-16-21-46)30-36-64(61)78(65)63-38-32-53(74(4,5)6)42-59(63)56-34-28-50-27-26-48-24-19-25-49-29-35-57(56)69(50)68(48)49/h13-45H,1-12H3. The molecule has 2 nitrogen and oxygen atoms in total. The van der Waals surface area contributed by atoms with Crippen LogP contribution in [0.2, 0.25) is 0 Å². The van der Waals surface area contributed by atoms with Gasteiger partial charge in [-0.15, -0.1) is 11.3 Å². The van der Waals surface area contributed by atoms with Crippen LogP contribution in [-0.4, -0.2) is 6.71 Å². The highest BCUT2D eigenvalue weighted by Crippen LogP contribution is 2.54. The number of nitrogens with zero attached hydrogens (tertiary/aromatic N) is 2. The summed E-state index contributed by atoms with van der Waals surface area (Å²) in [5, 5.41) is 9.08. The van der Waals surface area contributed by atoms with E-state index in [1.54, 1.807) is 0 Å². The third kappa shape index (κ3) is 7.95. The zero-order chi connectivity index (χ0) is 55.4. The minimum absolute atomic E-state index is 0.0476. The normalized spacial score (nSPS) is 13.7. The molecule has 3 heterocycles. The first-order valence-electron chi connectivity index (χ1n) is 28.8. The van der Waals surface area contributed by atoms with Crippen LogP contribution in [0.15, 0.2) is 200 Å². The fraction of sp³-hybridized carbons (Fsp3) is 0.211. The van der Waals surface area contributed by atoms with Gasteiger partial charge in [0, 0.05) is 43.1 Å². The van der Waals surface area contributed by atoms with Gasteiger partial charge in [-0.25, -0.2) is 0 Å². The monoisotopic (exact) mass is 1050 g/mol. The Bertz CT molecular complexity index is 4440. The lowest BCUT2D eigenvalue weighted by Crippen LogP contribution is -2.60. The van der Waals surface area contributed by atoms with Crippen molar-refractivity contribution in [3.63, 3.8) is 0 Å². The van der Waals surface area contributed by atoms with Gasteiger partial charge in [-0.1, -0.05) is 229 Å². The van der Waals surface area contributed by atoms with Gasteiger partial charge in [0.25, 0.3) is 6.71 Å². The maximum Gasteiger partial charge on any atom is 0.264 e. The number of hydrogen-bond acceptors (Lipinski definition) is 3. The molecule has 0 amide bonds. The van der Waals surface area contributed by atoms with Crippen molar-refractivity contribution in [1.29, 1.82) is 0 Å². The van der Waals surface area contributed by atoms with E-state index in [2.05, 4.69) is 293 Å². The van der Waals surface area contributed by atoms with Crippen LogP contribution in [0.1, 0.15) is 105 Å². The van der Waals surface area contributed by atoms with Crippen molar-refractivity contribution >= 4 is 110 Å². The topological polar surface area (TPSA) is 6.48 Å². The number of rotatable bonds is 5. The van der Waals surface area contributed by atoms with Crippen molar-refractivity contribution in [2.45, 2.75) is 105 Å². The summed E-state index contributed by atoms with van der Waals surface area (Å²) >= 11 is 1.99. The van der Waals surface area contributed by atoms with Crippen molar-refractivity contribution in [2.75, 3.05) is 9.80 Å². The highest BCUT2D eigenvalue weighted by molar-refractivity contribution is 7.33. The molecular formula is C76H69BN2S. The Kier molecular flexibility index (Phi) is 11.2. The number of hydrogen-bond donors (Lipinski definition) is 0. The maximum atomic E-state index is 2.72. The Morgan fingerprint density at radius 3 is 1.50 bits per heavy atom. The number of benzene rings is 11. The van der Waals surface area contributed by atoms with E-state index >= 15 is 0 Å². The van der Waals surface area contributed by atoms with E-state index in [-0.39, 0.29) is 28.4 Å². The number of thiophene rings is 1. The summed E-state index contributed by atoms with van der Waals surface area (Å²) in [5.74, 6) is 0. The summed E-state index contributed by atoms with van der Waals surface area (Å²) in [6, 6.07) is 77.5. The Hall–Kier alpha value is -7.92. The Balaban J connectivity index is 1.14. The molecule has 0 aliphatic carbocycles. The van der Waals surface area contributed by atoms with Gasteiger partial charge in [0.2, 0.25) is 0 Å². The lowest BCUT2D eigenvalue weighted by molar-refractivity contribution is 0.590. The summed E-state index contributed by atoms with van der Waals surface area (Å²) in [7, 11) is 0. The maximum absolute atomic E-state index is 2.72. The lowest BCUT2D eigenvalue weighted by Gasteiger charge is -2.45. The predicted octanol–water partition coefficient (Wildman–Crippen LogP) is 20.1. The Morgan fingerprint density at radius 2 is 0.863 bits per heavy atom. The Labute approximate surface area is 477 Å². The van der Waals surface area contributed by atoms with Gasteiger partial charge in [0.05, 0.1) is 17.1 Å². The molecule has 0 bridgehead atoms. The second-order valence-electron chi connectivity index (χ2n) is 27.0. The molecule has 0 saturated carbocycles. The van der Waals surface area contributed by atoms with Crippen molar-refractivity contribution in [1.82, 2.24) is 0 Å². The fourth-order valence-corrected chi connectivity index (χ4v) is 14.4. The molecule has 4 heteroatoms. The van der Waals surface area contributed by atoms with E-state index in [1.165, 1.54) is 148 Å². The van der Waals surface area contributed by atoms with Crippen molar-refractivity contribution in [2.24, 2.45) is 0 Å². The largest absolute Gasteiger partial charge is 0.311 e. The number of anilines is 6. The van der Waals surface area contributed by atoms with Crippen LogP contribution in [0.3, 0.4) is 0 Å². The van der Waals surface area contributed by atoms with Crippen LogP contribution < -0.4 is 25.5 Å². The molecule has 0 atom stereocenters. The average Bonchev–Trinajstić information content (AvgIpc) is 4.01. The quantitative estimate of drug-likeness (QED) is 0.125. The predicted molar refractivity (Wildman–Crippen MR) is 351 cm³/mol. The van der Waals surface area contributed by atoms with E-state index < -0.39 is 0 Å². The van der Waals surface area contributed by atoms with Gasteiger partial charge in [-0.3, -0.25) is 0 Å². The average molecular weight is 1050 g/mol. The van der Waals surface area contributed by atoms with Crippen molar-refractivity contribution < 1.29 is 0 Å². The van der Waals surface area contributed by atoms with Gasteiger partial charge >= 0.3 is 0 Å². The molecule has 0 unspecified atom stereocenters. The summed E-state index contributed by atoms with van der Waals surface area (Å²) in [5.41, 5.74) is 22.2. The van der Waals surface area contributed by atoms with Gasteiger partial charge in [-0.05, 0) is 164 Å². The van der Waals surface area contributed by atoms with Gasteiger partial charge in [0.1, 0.15) is 0 Å². The van der Waals surface area contributed by atoms with Crippen LogP contribution in [0.25, 0.3) is 75.8 Å². The van der Waals surface area contributed by atoms with Gasteiger partial charge in [-0.2, -0.15) is 0 Å². The van der Waals surface area contributed by atoms with Crippen LogP contribution in [0.4, 0.5) is 34.1 Å². The first-order chi connectivity index (χ1) is 38.2. The van der Waals surface area contributed by atoms with E-state index in [0.29, 0.717) is 0 Å². The molecule has 392 valence electrons. The van der Waals surface area contributed by atoms with Gasteiger partial charge in [0.15, 0.2) is 0 Å². The minimum Gasteiger partial charge on any atom is -0.311 e. The molecule has 80 heavy (non-hydrogen) atoms. The second kappa shape index (κ2) is 17.8. The third-order valence-corrected chi connectivity index (χ3v) is 18.8. The zero-order valence-electron chi connectivity index (χ0n) is 48.4. The molecule has 14 rings (SSSR count). The highest BCUT2D eigenvalue weighted by atomic mass is 32.1. The van der Waals surface area contributed by atoms with E-state index in [1.807, 2.05) is 11.3 Å². The zero-order valence-corrected chi connectivity index (χ0v) is 49.2. The van der Waals surface area contributed by atoms with Gasteiger partial charge < -0.3 is 9.80 Å². The lowest BCUT2D eigenvalue weighted by atomic mass is 9.36. The molecule has 11 aromatic carbocycles. The third-order valence-electron chi connectivity index (χ3n) is 17.6. The van der Waals surface area contributed by atoms with E-state index in [9.17, 15) is 0 Å². The summed E-state index contributed by atoms with van der Waals surface area (Å²) < 4.78 is 2.69. The molecule has 0 N–H and O–H groups in total. The van der Waals surface area contributed by atoms with Crippen molar-refractivity contribution in [3.8, 4) is 33.4 Å². The van der Waals surface area contributed by atoms with Crippen LogP contribution in [0.5, 0.6) is 0 Å².